The Morgan fingerprint density at radius 3 is 2.50 bits per heavy atom. The first-order valence-electron chi connectivity index (χ1n) is 5.69. The molecule has 82 valence electrons. The molecule has 3 rings (SSSR count). The monoisotopic (exact) mass is 213 g/mol. The Hall–Kier alpha value is -1.54. The molecular weight excluding hydrogens is 198 g/mol. The summed E-state index contributed by atoms with van der Waals surface area (Å²) in [6.45, 7) is 1.13. The fourth-order valence-electron chi connectivity index (χ4n) is 2.33. The van der Waals surface area contributed by atoms with Gasteiger partial charge in [0.2, 0.25) is 0 Å². The Kier molecular flexibility index (Phi) is 2.29. The van der Waals surface area contributed by atoms with Crippen molar-refractivity contribution in [1.29, 1.82) is 0 Å². The summed E-state index contributed by atoms with van der Waals surface area (Å²) in [5.74, 6) is 0.957. The third kappa shape index (κ3) is 1.38. The molecule has 0 unspecified atom stereocenters. The summed E-state index contributed by atoms with van der Waals surface area (Å²) in [6.07, 6.45) is 1.23. The molecule has 2 heteroatoms. The molecule has 1 aliphatic rings. The van der Waals surface area contributed by atoms with Crippen LogP contribution in [0.15, 0.2) is 36.4 Å². The van der Waals surface area contributed by atoms with Gasteiger partial charge in [0.1, 0.15) is 5.75 Å². The van der Waals surface area contributed by atoms with Crippen LogP contribution >= 0.6 is 0 Å². The van der Waals surface area contributed by atoms with Crippen molar-refractivity contribution >= 4 is 10.8 Å². The first-order valence-corrected chi connectivity index (χ1v) is 5.69. The lowest BCUT2D eigenvalue weighted by Crippen LogP contribution is -2.35. The van der Waals surface area contributed by atoms with Gasteiger partial charge in [0.05, 0.1) is 7.11 Å². The number of rotatable bonds is 2. The van der Waals surface area contributed by atoms with Gasteiger partial charge in [-0.1, -0.05) is 30.3 Å². The quantitative estimate of drug-likeness (QED) is 0.828. The van der Waals surface area contributed by atoms with E-state index < -0.39 is 0 Å². The van der Waals surface area contributed by atoms with Gasteiger partial charge >= 0.3 is 0 Å². The third-order valence-corrected chi connectivity index (χ3v) is 3.34. The summed E-state index contributed by atoms with van der Waals surface area (Å²) in [7, 11) is 1.73. The molecule has 0 aromatic heterocycles. The second-order valence-electron chi connectivity index (χ2n) is 4.20. The van der Waals surface area contributed by atoms with Crippen LogP contribution in [-0.2, 0) is 0 Å². The van der Waals surface area contributed by atoms with Crippen LogP contribution in [-0.4, -0.2) is 13.7 Å². The number of hydrogen-bond acceptors (Lipinski definition) is 2. The first kappa shape index (κ1) is 9.67. The van der Waals surface area contributed by atoms with Gasteiger partial charge in [0.15, 0.2) is 0 Å². The highest BCUT2D eigenvalue weighted by molar-refractivity contribution is 5.91. The lowest BCUT2D eigenvalue weighted by molar-refractivity contribution is 0.384. The predicted octanol–water partition coefficient (Wildman–Crippen LogP) is 2.88. The standard InChI is InChI=1S/C14H15NO/c1-16-14-7-6-11(13-8-9-15-13)10-4-2-3-5-12(10)14/h2-7,13,15H,8-9H2,1H3/t13-/m1/s1. The molecule has 0 bridgehead atoms. The SMILES string of the molecule is COc1ccc([C@H]2CCN2)c2ccccc12. The Bertz CT molecular complexity index is 517. The number of nitrogens with one attached hydrogen (secondary N) is 1. The molecule has 0 radical (unpaired) electrons. The van der Waals surface area contributed by atoms with Crippen molar-refractivity contribution in [3.8, 4) is 5.75 Å². The molecule has 16 heavy (non-hydrogen) atoms. The van der Waals surface area contributed by atoms with E-state index in [1.807, 2.05) is 0 Å². The molecule has 1 aliphatic heterocycles. The number of benzene rings is 2. The zero-order valence-electron chi connectivity index (χ0n) is 9.36. The van der Waals surface area contributed by atoms with Crippen molar-refractivity contribution in [2.45, 2.75) is 12.5 Å². The topological polar surface area (TPSA) is 21.3 Å². The van der Waals surface area contributed by atoms with Crippen LogP contribution in [0.2, 0.25) is 0 Å². The number of methoxy groups -OCH3 is 1. The fraction of sp³-hybridized carbons (Fsp3) is 0.286. The molecule has 0 spiro atoms. The highest BCUT2D eigenvalue weighted by Crippen LogP contribution is 2.34. The summed E-state index contributed by atoms with van der Waals surface area (Å²) in [6, 6.07) is 13.2. The molecule has 1 heterocycles. The maximum atomic E-state index is 5.39. The molecule has 2 nitrogen and oxygen atoms in total. The van der Waals surface area contributed by atoms with E-state index in [-0.39, 0.29) is 0 Å². The highest BCUT2D eigenvalue weighted by atomic mass is 16.5. The van der Waals surface area contributed by atoms with Gasteiger partial charge in [-0.2, -0.15) is 0 Å². The molecule has 0 aliphatic carbocycles. The van der Waals surface area contributed by atoms with E-state index in [1.54, 1.807) is 7.11 Å². The summed E-state index contributed by atoms with van der Waals surface area (Å²) >= 11 is 0. The van der Waals surface area contributed by atoms with Gasteiger partial charge in [-0.15, -0.1) is 0 Å². The van der Waals surface area contributed by atoms with Crippen molar-refractivity contribution in [2.24, 2.45) is 0 Å². The van der Waals surface area contributed by atoms with Gasteiger partial charge in [-0.3, -0.25) is 0 Å². The molecular formula is C14H15NO. The van der Waals surface area contributed by atoms with Crippen LogP contribution in [0, 0.1) is 0 Å². The summed E-state index contributed by atoms with van der Waals surface area (Å²) < 4.78 is 5.39. The number of hydrogen-bond donors (Lipinski definition) is 1. The molecule has 1 fully saturated rings. The Morgan fingerprint density at radius 2 is 1.88 bits per heavy atom. The molecule has 0 saturated carbocycles. The van der Waals surface area contributed by atoms with Crippen molar-refractivity contribution in [3.05, 3.63) is 42.0 Å². The van der Waals surface area contributed by atoms with E-state index in [4.69, 9.17) is 4.74 Å². The first-order chi connectivity index (χ1) is 7.90. The zero-order chi connectivity index (χ0) is 11.0. The van der Waals surface area contributed by atoms with E-state index in [1.165, 1.54) is 22.8 Å². The molecule has 2 aromatic rings. The number of ether oxygens (including phenoxy) is 1. The summed E-state index contributed by atoms with van der Waals surface area (Å²) in [4.78, 5) is 0. The van der Waals surface area contributed by atoms with E-state index in [9.17, 15) is 0 Å². The molecule has 1 atom stereocenters. The third-order valence-electron chi connectivity index (χ3n) is 3.34. The van der Waals surface area contributed by atoms with Crippen LogP contribution in [0.25, 0.3) is 10.8 Å². The minimum atomic E-state index is 0.524. The van der Waals surface area contributed by atoms with Crippen molar-refractivity contribution < 1.29 is 4.74 Å². The van der Waals surface area contributed by atoms with Crippen LogP contribution in [0.1, 0.15) is 18.0 Å². The van der Waals surface area contributed by atoms with Crippen LogP contribution in [0.4, 0.5) is 0 Å². The Labute approximate surface area is 95.2 Å². The maximum Gasteiger partial charge on any atom is 0.126 e. The van der Waals surface area contributed by atoms with Gasteiger partial charge in [0.25, 0.3) is 0 Å². The van der Waals surface area contributed by atoms with Crippen molar-refractivity contribution in [3.63, 3.8) is 0 Å². The fourth-order valence-corrected chi connectivity index (χ4v) is 2.33. The Morgan fingerprint density at radius 1 is 1.12 bits per heavy atom. The lowest BCUT2D eigenvalue weighted by atomic mass is 9.92. The normalized spacial score (nSPS) is 19.4. The van der Waals surface area contributed by atoms with Crippen molar-refractivity contribution in [1.82, 2.24) is 5.32 Å². The van der Waals surface area contributed by atoms with Gasteiger partial charge in [-0.05, 0) is 30.0 Å². The zero-order valence-corrected chi connectivity index (χ0v) is 9.36. The largest absolute Gasteiger partial charge is 0.496 e. The summed E-state index contributed by atoms with van der Waals surface area (Å²) in [5.41, 5.74) is 1.39. The Balaban J connectivity index is 2.22. The minimum Gasteiger partial charge on any atom is -0.496 e. The van der Waals surface area contributed by atoms with E-state index in [0.717, 1.165) is 12.3 Å². The van der Waals surface area contributed by atoms with E-state index in [0.29, 0.717) is 6.04 Å². The number of fused-ring (bicyclic) bond motifs is 1. The van der Waals surface area contributed by atoms with Gasteiger partial charge in [0, 0.05) is 11.4 Å². The molecule has 0 amide bonds. The second kappa shape index (κ2) is 3.80. The van der Waals surface area contributed by atoms with Gasteiger partial charge in [-0.25, -0.2) is 0 Å². The van der Waals surface area contributed by atoms with Crippen LogP contribution in [0.3, 0.4) is 0 Å². The molecule has 2 aromatic carbocycles. The van der Waals surface area contributed by atoms with Crippen LogP contribution in [0.5, 0.6) is 5.75 Å². The van der Waals surface area contributed by atoms with Gasteiger partial charge < -0.3 is 10.1 Å². The predicted molar refractivity (Wildman–Crippen MR) is 65.9 cm³/mol. The van der Waals surface area contributed by atoms with E-state index in [2.05, 4.69) is 41.7 Å². The smallest absolute Gasteiger partial charge is 0.126 e. The molecule has 1 N–H and O–H groups in total. The highest BCUT2D eigenvalue weighted by Gasteiger charge is 2.20. The lowest BCUT2D eigenvalue weighted by Gasteiger charge is -2.29. The van der Waals surface area contributed by atoms with Crippen LogP contribution < -0.4 is 10.1 Å². The average Bonchev–Trinajstić information content (AvgIpc) is 2.27. The second-order valence-corrected chi connectivity index (χ2v) is 4.20. The minimum absolute atomic E-state index is 0.524. The molecule has 1 saturated heterocycles. The van der Waals surface area contributed by atoms with Crippen molar-refractivity contribution in [2.75, 3.05) is 13.7 Å². The average molecular weight is 213 g/mol. The summed E-state index contributed by atoms with van der Waals surface area (Å²) in [5, 5.41) is 5.96. The van der Waals surface area contributed by atoms with E-state index >= 15 is 0 Å². The maximum absolute atomic E-state index is 5.39.